The molecule has 1 saturated carbocycles. The molecule has 2 N–H and O–H groups in total. The number of hydrogen-bond donors (Lipinski definition) is 2. The first-order valence-corrected chi connectivity index (χ1v) is 7.41. The van der Waals surface area contributed by atoms with E-state index in [9.17, 15) is 4.79 Å². The molecule has 0 aromatic rings. The van der Waals surface area contributed by atoms with Crippen molar-refractivity contribution in [3.63, 3.8) is 0 Å². The van der Waals surface area contributed by atoms with Crippen LogP contribution in [-0.2, 0) is 4.74 Å². The van der Waals surface area contributed by atoms with Gasteiger partial charge in [0, 0.05) is 18.1 Å². The Balaban J connectivity index is 2.15. The topological polar surface area (TPSA) is 50.4 Å². The van der Waals surface area contributed by atoms with Crippen LogP contribution < -0.4 is 10.6 Å². The molecule has 0 aliphatic heterocycles. The summed E-state index contributed by atoms with van der Waals surface area (Å²) in [7, 11) is 0. The fourth-order valence-corrected chi connectivity index (χ4v) is 2.52. The van der Waals surface area contributed by atoms with E-state index in [1.54, 1.807) is 0 Å². The lowest BCUT2D eigenvalue weighted by Crippen LogP contribution is -2.54. The molecule has 0 bridgehead atoms. The van der Waals surface area contributed by atoms with Crippen LogP contribution >= 0.6 is 0 Å². The Morgan fingerprint density at radius 3 is 2.26 bits per heavy atom. The van der Waals surface area contributed by atoms with Gasteiger partial charge >= 0.3 is 6.09 Å². The van der Waals surface area contributed by atoms with E-state index >= 15 is 0 Å². The summed E-state index contributed by atoms with van der Waals surface area (Å²) in [6.45, 7) is 12.4. The number of carbonyl (C=O) groups is 1. The molecule has 4 heteroatoms. The third kappa shape index (κ3) is 6.81. The van der Waals surface area contributed by atoms with E-state index in [0.29, 0.717) is 12.1 Å². The van der Waals surface area contributed by atoms with Crippen LogP contribution in [0.4, 0.5) is 4.79 Å². The summed E-state index contributed by atoms with van der Waals surface area (Å²) >= 11 is 0. The maximum Gasteiger partial charge on any atom is 0.407 e. The van der Waals surface area contributed by atoms with Crippen LogP contribution in [0.3, 0.4) is 0 Å². The number of amides is 1. The third-order valence-corrected chi connectivity index (χ3v) is 3.20. The van der Waals surface area contributed by atoms with Gasteiger partial charge in [0.2, 0.25) is 0 Å². The Morgan fingerprint density at radius 2 is 1.79 bits per heavy atom. The first kappa shape index (κ1) is 16.3. The number of ether oxygens (including phenoxy) is 1. The molecule has 0 saturated heterocycles. The highest BCUT2D eigenvalue weighted by Gasteiger charge is 2.32. The van der Waals surface area contributed by atoms with Gasteiger partial charge in [-0.05, 0) is 52.9 Å². The summed E-state index contributed by atoms with van der Waals surface area (Å²) in [6, 6.07) is 1.35. The molecule has 0 radical (unpaired) electrons. The molecule has 1 aliphatic rings. The van der Waals surface area contributed by atoms with Crippen LogP contribution in [0.25, 0.3) is 0 Å². The predicted molar refractivity (Wildman–Crippen MR) is 78.2 cm³/mol. The minimum atomic E-state index is -0.419. The highest BCUT2D eigenvalue weighted by atomic mass is 16.6. The second-order valence-electron chi connectivity index (χ2n) is 7.21. The van der Waals surface area contributed by atoms with Gasteiger partial charge in [-0.15, -0.1) is 0 Å². The highest BCUT2D eigenvalue weighted by Crippen LogP contribution is 2.22. The number of rotatable bonds is 5. The number of carbonyl (C=O) groups excluding carboxylic acids is 1. The van der Waals surface area contributed by atoms with Gasteiger partial charge in [-0.3, -0.25) is 0 Å². The average molecular weight is 270 g/mol. The van der Waals surface area contributed by atoms with Gasteiger partial charge < -0.3 is 15.4 Å². The SMILES string of the molecule is CC(C)CC(C)NC1CC(NC(=O)OC(C)(C)C)C1. The molecule has 0 aromatic heterocycles. The fourth-order valence-electron chi connectivity index (χ4n) is 2.52. The Bertz CT molecular complexity index is 291. The Kier molecular flexibility index (Phi) is 5.65. The van der Waals surface area contributed by atoms with E-state index in [1.807, 2.05) is 20.8 Å². The number of alkyl carbamates (subject to hydrolysis) is 1. The normalized spacial score (nSPS) is 24.8. The highest BCUT2D eigenvalue weighted by molar-refractivity contribution is 5.68. The lowest BCUT2D eigenvalue weighted by atomic mass is 9.86. The molecule has 1 amide bonds. The van der Waals surface area contributed by atoms with Gasteiger partial charge in [-0.25, -0.2) is 4.79 Å². The molecule has 1 unspecified atom stereocenters. The van der Waals surface area contributed by atoms with E-state index < -0.39 is 5.60 Å². The van der Waals surface area contributed by atoms with Crippen LogP contribution in [0.1, 0.15) is 60.8 Å². The van der Waals surface area contributed by atoms with Crippen molar-refractivity contribution in [1.82, 2.24) is 10.6 Å². The van der Waals surface area contributed by atoms with Crippen molar-refractivity contribution < 1.29 is 9.53 Å². The molecule has 0 aromatic carbocycles. The second kappa shape index (κ2) is 6.60. The molecule has 19 heavy (non-hydrogen) atoms. The molecule has 0 spiro atoms. The quantitative estimate of drug-likeness (QED) is 0.807. The van der Waals surface area contributed by atoms with Gasteiger partial charge in [0.15, 0.2) is 0 Å². The minimum Gasteiger partial charge on any atom is -0.444 e. The van der Waals surface area contributed by atoms with Crippen molar-refractivity contribution in [1.29, 1.82) is 0 Å². The molecule has 1 aliphatic carbocycles. The lowest BCUT2D eigenvalue weighted by molar-refractivity contribution is 0.0463. The summed E-state index contributed by atoms with van der Waals surface area (Å²) in [5, 5.41) is 6.52. The average Bonchev–Trinajstić information content (AvgIpc) is 2.09. The van der Waals surface area contributed by atoms with Gasteiger partial charge in [0.1, 0.15) is 5.60 Å². The van der Waals surface area contributed by atoms with Gasteiger partial charge in [0.05, 0.1) is 0 Å². The Hall–Kier alpha value is -0.770. The molecular weight excluding hydrogens is 240 g/mol. The molecule has 1 atom stereocenters. The standard InChI is InChI=1S/C15H30N2O2/c1-10(2)7-11(3)16-12-8-13(9-12)17-14(18)19-15(4,5)6/h10-13,16H,7-9H2,1-6H3,(H,17,18). The molecule has 1 rings (SSSR count). The summed E-state index contributed by atoms with van der Waals surface area (Å²) in [4.78, 5) is 11.6. The van der Waals surface area contributed by atoms with Crippen LogP contribution in [-0.4, -0.2) is 29.8 Å². The van der Waals surface area contributed by atoms with Crippen molar-refractivity contribution in [2.45, 2.75) is 84.5 Å². The summed E-state index contributed by atoms with van der Waals surface area (Å²) in [6.07, 6.45) is 2.90. The summed E-state index contributed by atoms with van der Waals surface area (Å²) in [5.74, 6) is 0.721. The lowest BCUT2D eigenvalue weighted by Gasteiger charge is -2.38. The Morgan fingerprint density at radius 1 is 1.21 bits per heavy atom. The van der Waals surface area contributed by atoms with Crippen molar-refractivity contribution >= 4 is 6.09 Å². The zero-order valence-electron chi connectivity index (χ0n) is 13.2. The third-order valence-electron chi connectivity index (χ3n) is 3.20. The van der Waals surface area contributed by atoms with Crippen molar-refractivity contribution in [2.24, 2.45) is 5.92 Å². The second-order valence-corrected chi connectivity index (χ2v) is 7.21. The van der Waals surface area contributed by atoms with E-state index in [2.05, 4.69) is 31.4 Å². The summed E-state index contributed by atoms with van der Waals surface area (Å²) in [5.41, 5.74) is -0.419. The van der Waals surface area contributed by atoms with Gasteiger partial charge in [-0.1, -0.05) is 13.8 Å². The van der Waals surface area contributed by atoms with Crippen molar-refractivity contribution in [3.8, 4) is 0 Å². The number of hydrogen-bond acceptors (Lipinski definition) is 3. The zero-order valence-corrected chi connectivity index (χ0v) is 13.2. The van der Waals surface area contributed by atoms with E-state index in [4.69, 9.17) is 4.74 Å². The monoisotopic (exact) mass is 270 g/mol. The first-order chi connectivity index (χ1) is 8.65. The zero-order chi connectivity index (χ0) is 14.6. The molecular formula is C15H30N2O2. The largest absolute Gasteiger partial charge is 0.444 e. The van der Waals surface area contributed by atoms with Gasteiger partial charge in [0.25, 0.3) is 0 Å². The molecule has 0 heterocycles. The maximum atomic E-state index is 11.6. The van der Waals surface area contributed by atoms with E-state index in [0.717, 1.165) is 18.8 Å². The predicted octanol–water partition coefficient (Wildman–Crippen LogP) is 3.07. The van der Waals surface area contributed by atoms with Crippen molar-refractivity contribution in [3.05, 3.63) is 0 Å². The van der Waals surface area contributed by atoms with Crippen LogP contribution in [0.2, 0.25) is 0 Å². The molecule has 1 fully saturated rings. The smallest absolute Gasteiger partial charge is 0.407 e. The molecule has 112 valence electrons. The van der Waals surface area contributed by atoms with Crippen LogP contribution in [0, 0.1) is 5.92 Å². The van der Waals surface area contributed by atoms with Gasteiger partial charge in [-0.2, -0.15) is 0 Å². The van der Waals surface area contributed by atoms with Crippen LogP contribution in [0.5, 0.6) is 0 Å². The molecule has 4 nitrogen and oxygen atoms in total. The summed E-state index contributed by atoms with van der Waals surface area (Å²) < 4.78 is 5.24. The minimum absolute atomic E-state index is 0.263. The fraction of sp³-hybridized carbons (Fsp3) is 0.933. The first-order valence-electron chi connectivity index (χ1n) is 7.41. The number of nitrogens with one attached hydrogen (secondary N) is 2. The maximum absolute atomic E-state index is 11.6. The van der Waals surface area contributed by atoms with E-state index in [1.165, 1.54) is 6.42 Å². The Labute approximate surface area is 117 Å². The van der Waals surface area contributed by atoms with E-state index in [-0.39, 0.29) is 12.1 Å². The van der Waals surface area contributed by atoms with Crippen molar-refractivity contribution in [2.75, 3.05) is 0 Å². The van der Waals surface area contributed by atoms with Crippen LogP contribution in [0.15, 0.2) is 0 Å².